The number of hydrogen-bond acceptors (Lipinski definition) is 6. The molecule has 0 unspecified atom stereocenters. The summed E-state index contributed by atoms with van der Waals surface area (Å²) >= 11 is 0. The van der Waals surface area contributed by atoms with E-state index in [1.165, 1.54) is 13.1 Å². The average Bonchev–Trinajstić information content (AvgIpc) is 2.58. The standard InChI is InChI=1S/C15H20N2O6S/c1-17(10-14(19)16-13(11-18)15(20)23-2)24(21,22)9-8-12-6-4-3-5-7-12/h3-9,13,18H,10-11H2,1-2H3,(H,16,19)/b9-8+/t13-/m1/s1. The van der Waals surface area contributed by atoms with Gasteiger partial charge in [-0.15, -0.1) is 0 Å². The fourth-order valence-electron chi connectivity index (χ4n) is 1.69. The molecule has 132 valence electrons. The lowest BCUT2D eigenvalue weighted by Crippen LogP contribution is -2.47. The summed E-state index contributed by atoms with van der Waals surface area (Å²) in [5.74, 6) is -1.56. The third kappa shape index (κ3) is 6.11. The summed E-state index contributed by atoms with van der Waals surface area (Å²) in [7, 11) is -1.46. The topological polar surface area (TPSA) is 113 Å². The number of methoxy groups -OCH3 is 1. The number of sulfonamides is 1. The van der Waals surface area contributed by atoms with Crippen molar-refractivity contribution in [1.29, 1.82) is 0 Å². The van der Waals surface area contributed by atoms with Gasteiger partial charge in [-0.3, -0.25) is 4.79 Å². The summed E-state index contributed by atoms with van der Waals surface area (Å²) in [5.41, 5.74) is 0.699. The van der Waals surface area contributed by atoms with Crippen molar-refractivity contribution < 1.29 is 27.9 Å². The van der Waals surface area contributed by atoms with Crippen LogP contribution in [0.2, 0.25) is 0 Å². The molecule has 0 saturated carbocycles. The smallest absolute Gasteiger partial charge is 0.330 e. The second-order valence-electron chi connectivity index (χ2n) is 4.84. The van der Waals surface area contributed by atoms with Crippen LogP contribution in [0.3, 0.4) is 0 Å². The maximum atomic E-state index is 12.1. The third-order valence-electron chi connectivity index (χ3n) is 3.04. The maximum absolute atomic E-state index is 12.1. The van der Waals surface area contributed by atoms with E-state index in [2.05, 4.69) is 10.1 Å². The minimum Gasteiger partial charge on any atom is -0.467 e. The summed E-state index contributed by atoms with van der Waals surface area (Å²) in [4.78, 5) is 23.1. The Labute approximate surface area is 140 Å². The van der Waals surface area contributed by atoms with Crippen molar-refractivity contribution in [2.45, 2.75) is 6.04 Å². The molecule has 9 heteroatoms. The zero-order valence-corrected chi connectivity index (χ0v) is 14.2. The van der Waals surface area contributed by atoms with Gasteiger partial charge in [0.1, 0.15) is 0 Å². The van der Waals surface area contributed by atoms with Crippen LogP contribution in [0.5, 0.6) is 0 Å². The average molecular weight is 356 g/mol. The Bertz CT molecular complexity index is 687. The van der Waals surface area contributed by atoms with E-state index in [9.17, 15) is 18.0 Å². The van der Waals surface area contributed by atoms with Crippen LogP contribution >= 0.6 is 0 Å². The predicted octanol–water partition coefficient (Wildman–Crippen LogP) is -0.431. The highest BCUT2D eigenvalue weighted by atomic mass is 32.2. The summed E-state index contributed by atoms with van der Waals surface area (Å²) in [5, 5.41) is 12.2. The molecule has 1 aromatic carbocycles. The molecule has 0 fully saturated rings. The monoisotopic (exact) mass is 356 g/mol. The quantitative estimate of drug-likeness (QED) is 0.611. The number of ether oxygens (including phenoxy) is 1. The molecule has 2 N–H and O–H groups in total. The third-order valence-corrected chi connectivity index (χ3v) is 4.51. The van der Waals surface area contributed by atoms with E-state index in [0.29, 0.717) is 5.56 Å². The maximum Gasteiger partial charge on any atom is 0.330 e. The number of rotatable bonds is 8. The highest BCUT2D eigenvalue weighted by Gasteiger charge is 2.23. The van der Waals surface area contributed by atoms with Crippen molar-refractivity contribution in [1.82, 2.24) is 9.62 Å². The van der Waals surface area contributed by atoms with Gasteiger partial charge in [-0.2, -0.15) is 4.31 Å². The van der Waals surface area contributed by atoms with Crippen molar-refractivity contribution >= 4 is 28.0 Å². The molecule has 0 radical (unpaired) electrons. The molecule has 1 rings (SSSR count). The molecule has 1 amide bonds. The molecule has 24 heavy (non-hydrogen) atoms. The molecular formula is C15H20N2O6S. The first kappa shape index (κ1) is 19.8. The molecule has 8 nitrogen and oxygen atoms in total. The number of nitrogens with one attached hydrogen (secondary N) is 1. The van der Waals surface area contributed by atoms with E-state index >= 15 is 0 Å². The van der Waals surface area contributed by atoms with Crippen LogP contribution in [0, 0.1) is 0 Å². The molecular weight excluding hydrogens is 336 g/mol. The van der Waals surface area contributed by atoms with Gasteiger partial charge < -0.3 is 15.2 Å². The van der Waals surface area contributed by atoms with Gasteiger partial charge in [-0.05, 0) is 11.6 Å². The number of likely N-dealkylation sites (N-methyl/N-ethyl adjacent to an activating group) is 1. The van der Waals surface area contributed by atoms with Gasteiger partial charge in [0.15, 0.2) is 6.04 Å². The number of hydrogen-bond donors (Lipinski definition) is 2. The van der Waals surface area contributed by atoms with E-state index in [0.717, 1.165) is 16.8 Å². The van der Waals surface area contributed by atoms with Gasteiger partial charge in [-0.25, -0.2) is 13.2 Å². The highest BCUT2D eigenvalue weighted by Crippen LogP contribution is 2.06. The fourth-order valence-corrected chi connectivity index (χ4v) is 2.52. The Morgan fingerprint density at radius 1 is 1.33 bits per heavy atom. The largest absolute Gasteiger partial charge is 0.467 e. The molecule has 0 bridgehead atoms. The van der Waals surface area contributed by atoms with Crippen molar-refractivity contribution in [2.75, 3.05) is 27.3 Å². The normalized spacial score (nSPS) is 13.0. The molecule has 0 aliphatic heterocycles. The van der Waals surface area contributed by atoms with Crippen molar-refractivity contribution in [3.63, 3.8) is 0 Å². The van der Waals surface area contributed by atoms with Crippen molar-refractivity contribution in [3.05, 3.63) is 41.3 Å². The molecule has 0 saturated heterocycles. The van der Waals surface area contributed by atoms with Crippen LogP contribution in [0.4, 0.5) is 0 Å². The number of carbonyl (C=O) groups is 2. The molecule has 1 aromatic rings. The SMILES string of the molecule is COC(=O)[C@@H](CO)NC(=O)CN(C)S(=O)(=O)/C=C/c1ccccc1. The summed E-state index contributed by atoms with van der Waals surface area (Å²) in [6, 6.07) is 7.58. The molecule has 0 aromatic heterocycles. The van der Waals surface area contributed by atoms with Crippen LogP contribution < -0.4 is 5.32 Å². The van der Waals surface area contributed by atoms with Crippen molar-refractivity contribution in [2.24, 2.45) is 0 Å². The lowest BCUT2D eigenvalue weighted by molar-refractivity contribution is -0.146. The molecule has 0 spiro atoms. The Morgan fingerprint density at radius 2 is 1.96 bits per heavy atom. The van der Waals surface area contributed by atoms with Gasteiger partial charge in [0.2, 0.25) is 15.9 Å². The summed E-state index contributed by atoms with van der Waals surface area (Å²) in [6.45, 7) is -1.16. The lowest BCUT2D eigenvalue weighted by Gasteiger charge is -2.17. The van der Waals surface area contributed by atoms with E-state index in [1.54, 1.807) is 30.3 Å². The molecule has 0 heterocycles. The number of esters is 1. The molecule has 1 atom stereocenters. The summed E-state index contributed by atoms with van der Waals surface area (Å²) < 4.78 is 29.4. The number of aliphatic hydroxyl groups excluding tert-OH is 1. The van der Waals surface area contributed by atoms with E-state index in [-0.39, 0.29) is 0 Å². The first-order chi connectivity index (χ1) is 11.3. The first-order valence-electron chi connectivity index (χ1n) is 6.97. The zero-order chi connectivity index (χ0) is 18.2. The lowest BCUT2D eigenvalue weighted by atomic mass is 10.2. The number of benzene rings is 1. The second-order valence-corrected chi connectivity index (χ2v) is 6.77. The Kier molecular flexibility index (Phi) is 7.56. The number of aliphatic hydroxyl groups is 1. The minimum atomic E-state index is -3.81. The van der Waals surface area contributed by atoms with E-state index in [4.69, 9.17) is 5.11 Å². The summed E-state index contributed by atoms with van der Waals surface area (Å²) in [6.07, 6.45) is 1.41. The second kappa shape index (κ2) is 9.16. The van der Waals surface area contributed by atoms with Gasteiger partial charge in [0.25, 0.3) is 0 Å². The van der Waals surface area contributed by atoms with E-state index in [1.807, 2.05) is 0 Å². The Balaban J connectivity index is 2.68. The molecule has 0 aliphatic rings. The van der Waals surface area contributed by atoms with Gasteiger partial charge in [0.05, 0.1) is 20.3 Å². The van der Waals surface area contributed by atoms with Crippen LogP contribution in [-0.2, 0) is 24.3 Å². The van der Waals surface area contributed by atoms with Gasteiger partial charge in [-0.1, -0.05) is 30.3 Å². The molecule has 0 aliphatic carbocycles. The number of nitrogens with zero attached hydrogens (tertiary/aromatic N) is 1. The van der Waals surface area contributed by atoms with Crippen LogP contribution in [0.25, 0.3) is 6.08 Å². The Hall–Kier alpha value is -2.23. The highest BCUT2D eigenvalue weighted by molar-refractivity contribution is 7.92. The Morgan fingerprint density at radius 3 is 2.50 bits per heavy atom. The van der Waals surface area contributed by atoms with E-state index < -0.39 is 41.1 Å². The van der Waals surface area contributed by atoms with Crippen LogP contribution in [0.15, 0.2) is 35.7 Å². The predicted molar refractivity (Wildman–Crippen MR) is 88.1 cm³/mol. The minimum absolute atomic E-state index is 0.505. The number of carbonyl (C=O) groups excluding carboxylic acids is 2. The van der Waals surface area contributed by atoms with Crippen LogP contribution in [0.1, 0.15) is 5.56 Å². The fraction of sp³-hybridized carbons (Fsp3) is 0.333. The first-order valence-corrected chi connectivity index (χ1v) is 8.48. The van der Waals surface area contributed by atoms with Gasteiger partial charge in [0, 0.05) is 12.5 Å². The zero-order valence-electron chi connectivity index (χ0n) is 13.4. The van der Waals surface area contributed by atoms with Crippen molar-refractivity contribution in [3.8, 4) is 0 Å². The number of amides is 1. The van der Waals surface area contributed by atoms with Gasteiger partial charge >= 0.3 is 5.97 Å². The van der Waals surface area contributed by atoms with Crippen LogP contribution in [-0.4, -0.2) is 63.1 Å².